The van der Waals surface area contributed by atoms with Crippen molar-refractivity contribution >= 4 is 29.3 Å². The van der Waals surface area contributed by atoms with E-state index in [1.165, 1.54) is 55.1 Å². The van der Waals surface area contributed by atoms with E-state index in [1.807, 2.05) is 13.0 Å². The second-order valence-corrected chi connectivity index (χ2v) is 9.38. The molecule has 0 aliphatic carbocycles. The number of rotatable bonds is 12. The van der Waals surface area contributed by atoms with Crippen molar-refractivity contribution in [1.82, 2.24) is 15.1 Å². The highest BCUT2D eigenvalue weighted by atomic mass is 32.2. The minimum absolute atomic E-state index is 0. The van der Waals surface area contributed by atoms with Crippen LogP contribution in [0.5, 0.6) is 0 Å². The maximum atomic E-state index is 12.2. The number of nitrogens with zero attached hydrogens (tertiary/aromatic N) is 4. The van der Waals surface area contributed by atoms with E-state index >= 15 is 0 Å². The highest BCUT2D eigenvalue weighted by molar-refractivity contribution is 8.00. The molecule has 0 spiro atoms. The molecule has 0 bridgehead atoms. The molecular formula is C25H40N6O2S. The first-order valence-corrected chi connectivity index (χ1v) is 12.9. The van der Waals surface area contributed by atoms with Gasteiger partial charge in [-0.3, -0.25) is 9.59 Å². The average Bonchev–Trinajstić information content (AvgIpc) is 3.35. The minimum atomic E-state index is -0.182. The zero-order valence-corrected chi connectivity index (χ0v) is 21.5. The van der Waals surface area contributed by atoms with Crippen molar-refractivity contribution in [2.24, 2.45) is 0 Å². The zero-order valence-electron chi connectivity index (χ0n) is 20.7. The third-order valence-electron chi connectivity index (χ3n) is 5.38. The predicted molar refractivity (Wildman–Crippen MR) is 141 cm³/mol. The Labute approximate surface area is 210 Å². The molecule has 0 saturated carbocycles. The van der Waals surface area contributed by atoms with Gasteiger partial charge in [0.2, 0.25) is 11.8 Å². The van der Waals surface area contributed by atoms with Gasteiger partial charge < -0.3 is 20.4 Å². The van der Waals surface area contributed by atoms with E-state index in [4.69, 9.17) is 10.5 Å². The molecule has 2 rings (SSSR count). The fraction of sp³-hybridized carbons (Fsp3) is 0.600. The van der Waals surface area contributed by atoms with Crippen LogP contribution in [-0.4, -0.2) is 78.9 Å². The molecule has 1 heterocycles. The smallest absolute Gasteiger partial charge is 0.234 e. The van der Waals surface area contributed by atoms with Gasteiger partial charge in [-0.2, -0.15) is 10.5 Å². The van der Waals surface area contributed by atoms with E-state index in [9.17, 15) is 9.59 Å². The lowest BCUT2D eigenvalue weighted by atomic mass is 10.1. The summed E-state index contributed by atoms with van der Waals surface area (Å²) in [7, 11) is 1.59. The summed E-state index contributed by atoms with van der Waals surface area (Å²) in [5, 5.41) is 22.8. The van der Waals surface area contributed by atoms with Gasteiger partial charge in [0.25, 0.3) is 0 Å². The Morgan fingerprint density at radius 1 is 1.21 bits per heavy atom. The van der Waals surface area contributed by atoms with E-state index in [-0.39, 0.29) is 25.0 Å². The molecule has 2 N–H and O–H groups in total. The van der Waals surface area contributed by atoms with E-state index in [2.05, 4.69) is 45.9 Å². The molecule has 1 unspecified atom stereocenters. The normalized spacial score (nSPS) is 13.6. The second-order valence-electron chi connectivity index (χ2n) is 8.07. The van der Waals surface area contributed by atoms with Crippen molar-refractivity contribution in [3.63, 3.8) is 0 Å². The van der Waals surface area contributed by atoms with Gasteiger partial charge in [-0.25, -0.2) is 0 Å². The lowest BCUT2D eigenvalue weighted by Gasteiger charge is -2.17. The van der Waals surface area contributed by atoms with Gasteiger partial charge >= 0.3 is 0 Å². The van der Waals surface area contributed by atoms with Crippen LogP contribution in [0.4, 0.5) is 5.69 Å². The van der Waals surface area contributed by atoms with E-state index in [0.717, 1.165) is 18.7 Å². The van der Waals surface area contributed by atoms with Gasteiger partial charge in [0, 0.05) is 52.9 Å². The van der Waals surface area contributed by atoms with Crippen LogP contribution in [0.2, 0.25) is 0 Å². The molecule has 0 aromatic heterocycles. The van der Waals surface area contributed by atoms with Crippen molar-refractivity contribution in [3.8, 4) is 12.1 Å². The Morgan fingerprint density at radius 2 is 1.88 bits per heavy atom. The van der Waals surface area contributed by atoms with Crippen LogP contribution < -0.4 is 10.6 Å². The van der Waals surface area contributed by atoms with Crippen molar-refractivity contribution in [1.29, 1.82) is 10.5 Å². The first kappa shape index (κ1) is 29.3. The molecule has 1 aliphatic rings. The van der Waals surface area contributed by atoms with E-state index in [0.29, 0.717) is 25.3 Å². The maximum absolute atomic E-state index is 12.2. The molecule has 1 aromatic rings. The molecule has 1 aliphatic heterocycles. The molecule has 2 amide bonds. The topological polar surface area (TPSA) is 112 Å². The van der Waals surface area contributed by atoms with Gasteiger partial charge in [0.1, 0.15) is 11.8 Å². The van der Waals surface area contributed by atoms with Crippen molar-refractivity contribution in [2.75, 3.05) is 57.4 Å². The molecule has 34 heavy (non-hydrogen) atoms. The summed E-state index contributed by atoms with van der Waals surface area (Å²) < 4.78 is 0. The van der Waals surface area contributed by atoms with Crippen LogP contribution >= 0.6 is 11.8 Å². The molecular weight excluding hydrogens is 448 g/mol. The van der Waals surface area contributed by atoms with Gasteiger partial charge in [0.05, 0.1) is 12.1 Å². The Bertz CT molecular complexity index is 819. The summed E-state index contributed by atoms with van der Waals surface area (Å²) in [5.41, 5.74) is 2.39. The number of hydrogen-bond donors (Lipinski definition) is 2. The van der Waals surface area contributed by atoms with Crippen LogP contribution in [0.15, 0.2) is 24.3 Å². The van der Waals surface area contributed by atoms with Crippen molar-refractivity contribution in [3.05, 3.63) is 29.8 Å². The van der Waals surface area contributed by atoms with Crippen molar-refractivity contribution < 1.29 is 11.0 Å². The molecule has 1 atom stereocenters. The number of carbonyl (C=O) groups is 2. The van der Waals surface area contributed by atoms with Crippen LogP contribution in [0, 0.1) is 22.7 Å². The predicted octanol–water partition coefficient (Wildman–Crippen LogP) is 3.12. The Hall–Kier alpha value is -2.75. The van der Waals surface area contributed by atoms with Gasteiger partial charge in [-0.1, -0.05) is 12.1 Å². The molecule has 9 heteroatoms. The highest BCUT2D eigenvalue weighted by Gasteiger charge is 2.18. The van der Waals surface area contributed by atoms with Gasteiger partial charge in [-0.05, 0) is 57.0 Å². The Morgan fingerprint density at radius 3 is 2.41 bits per heavy atom. The quantitative estimate of drug-likeness (QED) is 0.343. The summed E-state index contributed by atoms with van der Waals surface area (Å²) >= 11 is 1.54. The van der Waals surface area contributed by atoms with Gasteiger partial charge in [0.15, 0.2) is 0 Å². The molecule has 8 nitrogen and oxygen atoms in total. The standard InChI is InChI=1S/C20H30N4OS.C5H8N2O.H2/c1-2-22-20(25)19(26-15-5-11-21)16-23-18-8-6-17(7-9-18)10-14-24-12-3-4-13-24;1-5(8)7(2)4-3-6;/h6-9,19,23H,2-5,10,12-16H2,1H3,(H,22,25);4H2,1-2H3;1H. The van der Waals surface area contributed by atoms with Crippen LogP contribution in [-0.2, 0) is 16.0 Å². The number of benzene rings is 1. The second kappa shape index (κ2) is 17.7. The SMILES string of the molecule is CC(=O)N(C)CC#N.CCNC(=O)C(CNc1ccc(CCN2CCCC2)cc1)SCCC#N.[HH]. The summed E-state index contributed by atoms with van der Waals surface area (Å²) in [6.07, 6.45) is 4.22. The number of hydrogen-bond acceptors (Lipinski definition) is 7. The van der Waals surface area contributed by atoms with Crippen molar-refractivity contribution in [2.45, 2.75) is 44.8 Å². The summed E-state index contributed by atoms with van der Waals surface area (Å²) in [5.74, 6) is 0.631. The molecule has 1 aromatic carbocycles. The number of anilines is 1. The summed E-state index contributed by atoms with van der Waals surface area (Å²) in [6.45, 7) is 8.33. The monoisotopic (exact) mass is 488 g/mol. The number of carbonyl (C=O) groups excluding carboxylic acids is 2. The third kappa shape index (κ3) is 12.5. The number of nitriles is 2. The number of nitrogens with one attached hydrogen (secondary N) is 2. The van der Waals surface area contributed by atoms with E-state index in [1.54, 1.807) is 7.05 Å². The average molecular weight is 489 g/mol. The van der Waals surface area contributed by atoms with Crippen LogP contribution in [0.3, 0.4) is 0 Å². The van der Waals surface area contributed by atoms with Gasteiger partial charge in [-0.15, -0.1) is 11.8 Å². The lowest BCUT2D eigenvalue weighted by molar-refractivity contribution is -0.127. The van der Waals surface area contributed by atoms with Crippen LogP contribution in [0.25, 0.3) is 0 Å². The first-order chi connectivity index (χ1) is 16.4. The maximum Gasteiger partial charge on any atom is 0.234 e. The summed E-state index contributed by atoms with van der Waals surface area (Å²) in [4.78, 5) is 26.3. The highest BCUT2D eigenvalue weighted by Crippen LogP contribution is 2.16. The molecule has 1 saturated heterocycles. The Kier molecular flexibility index (Phi) is 15.2. The largest absolute Gasteiger partial charge is 0.383 e. The van der Waals surface area contributed by atoms with Crippen LogP contribution in [0.1, 0.15) is 40.1 Å². The number of thioether (sulfide) groups is 1. The van der Waals surface area contributed by atoms with E-state index < -0.39 is 0 Å². The Balaban J connectivity index is 0.00000111. The molecule has 0 radical (unpaired) electrons. The molecule has 188 valence electrons. The number of likely N-dealkylation sites (tertiary alicyclic amines) is 1. The lowest BCUT2D eigenvalue weighted by Crippen LogP contribution is -2.37. The third-order valence-corrected chi connectivity index (χ3v) is 6.61. The number of amides is 2. The fourth-order valence-corrected chi connectivity index (χ4v) is 4.20. The molecule has 1 fully saturated rings. The first-order valence-electron chi connectivity index (χ1n) is 11.8. The fourth-order valence-electron chi connectivity index (χ4n) is 3.27. The zero-order chi connectivity index (χ0) is 25.2. The summed E-state index contributed by atoms with van der Waals surface area (Å²) in [6, 6.07) is 12.5. The minimum Gasteiger partial charge on any atom is -0.383 e.